The van der Waals surface area contributed by atoms with Crippen molar-refractivity contribution in [3.05, 3.63) is 59.9 Å². The molecule has 0 amide bonds. The van der Waals surface area contributed by atoms with E-state index in [0.717, 1.165) is 25.5 Å². The van der Waals surface area contributed by atoms with E-state index in [1.807, 2.05) is 6.08 Å². The number of nitrogens with zero attached hydrogens (tertiary/aromatic N) is 2. The molecule has 0 bridgehead atoms. The highest BCUT2D eigenvalue weighted by molar-refractivity contribution is 5.36. The molecule has 1 aromatic rings. The van der Waals surface area contributed by atoms with Crippen LogP contribution in [-0.4, -0.2) is 65.9 Å². The maximum Gasteiger partial charge on any atom is 0.111 e. The number of hydrogen-bond acceptors (Lipinski definition) is 4. The standard InChI is InChI=1S/C34H50N2O2/c1-6-10-30(35(5)18-16-25-11-8-7-9-12-25)29-23-38-33(4)24(2)36(21-26-13-14-26)22-27-20-32(3)17-15-28(37)19-31(32)34(27,29)33/h7-9,11-12,15,17,19,24,26-27,29-31,37H,6,10,13-14,16,18,20-23H2,1-5H3. The van der Waals surface area contributed by atoms with Gasteiger partial charge >= 0.3 is 0 Å². The van der Waals surface area contributed by atoms with Gasteiger partial charge in [-0.2, -0.15) is 0 Å². The summed E-state index contributed by atoms with van der Waals surface area (Å²) in [5.41, 5.74) is 1.27. The number of fused-ring (bicyclic) bond motifs is 1. The molecule has 1 aromatic carbocycles. The molecule has 2 saturated carbocycles. The van der Waals surface area contributed by atoms with Gasteiger partial charge in [-0.05, 0) is 93.9 Å². The molecule has 6 rings (SSSR count). The van der Waals surface area contributed by atoms with E-state index in [0.29, 0.717) is 35.6 Å². The van der Waals surface area contributed by atoms with Crippen LogP contribution in [0.15, 0.2) is 54.3 Å². The van der Waals surface area contributed by atoms with Crippen LogP contribution >= 0.6 is 0 Å². The van der Waals surface area contributed by atoms with Crippen molar-refractivity contribution in [2.45, 2.75) is 83.9 Å². The van der Waals surface area contributed by atoms with Gasteiger partial charge in [0.1, 0.15) is 5.76 Å². The van der Waals surface area contributed by atoms with Gasteiger partial charge in [-0.25, -0.2) is 0 Å². The monoisotopic (exact) mass is 518 g/mol. The molecule has 5 aliphatic rings. The van der Waals surface area contributed by atoms with Gasteiger partial charge in [-0.15, -0.1) is 0 Å². The zero-order valence-electron chi connectivity index (χ0n) is 24.4. The second-order valence-electron chi connectivity index (χ2n) is 13.9. The van der Waals surface area contributed by atoms with Gasteiger partial charge in [-0.3, -0.25) is 4.90 Å². The van der Waals surface area contributed by atoms with Crippen molar-refractivity contribution in [3.8, 4) is 0 Å². The number of piperidine rings is 1. The van der Waals surface area contributed by atoms with E-state index in [9.17, 15) is 5.11 Å². The highest BCUT2D eigenvalue weighted by atomic mass is 16.5. The maximum absolute atomic E-state index is 10.9. The van der Waals surface area contributed by atoms with E-state index < -0.39 is 0 Å². The highest BCUT2D eigenvalue weighted by Gasteiger charge is 2.76. The quantitative estimate of drug-likeness (QED) is 0.405. The molecule has 8 unspecified atom stereocenters. The summed E-state index contributed by atoms with van der Waals surface area (Å²) < 4.78 is 7.17. The van der Waals surface area contributed by atoms with Crippen LogP contribution in [0.1, 0.15) is 65.4 Å². The first-order valence-corrected chi connectivity index (χ1v) is 15.4. The van der Waals surface area contributed by atoms with Crippen LogP contribution in [0, 0.1) is 34.5 Å². The molecule has 0 aromatic heterocycles. The summed E-state index contributed by atoms with van der Waals surface area (Å²) >= 11 is 0. The van der Waals surface area contributed by atoms with Gasteiger partial charge in [0.2, 0.25) is 0 Å². The van der Waals surface area contributed by atoms with Gasteiger partial charge in [0.05, 0.1) is 12.2 Å². The molecule has 1 spiro atoms. The van der Waals surface area contributed by atoms with Crippen LogP contribution < -0.4 is 0 Å². The third kappa shape index (κ3) is 4.04. The second-order valence-corrected chi connectivity index (χ2v) is 13.9. The average molecular weight is 519 g/mol. The lowest BCUT2D eigenvalue weighted by Crippen LogP contribution is -2.69. The van der Waals surface area contributed by atoms with E-state index in [2.05, 4.69) is 87.0 Å². The number of benzene rings is 1. The third-order valence-corrected chi connectivity index (χ3v) is 11.8. The second kappa shape index (κ2) is 9.78. The number of rotatable bonds is 9. The summed E-state index contributed by atoms with van der Waals surface area (Å²) in [6.45, 7) is 14.0. The summed E-state index contributed by atoms with van der Waals surface area (Å²) in [7, 11) is 2.36. The van der Waals surface area contributed by atoms with Crippen molar-refractivity contribution in [1.82, 2.24) is 9.80 Å². The fourth-order valence-electron chi connectivity index (χ4n) is 9.69. The Bertz CT molecular complexity index is 1070. The number of likely N-dealkylation sites (tertiary alicyclic amines) is 1. The molecule has 2 aliphatic heterocycles. The molecule has 4 heteroatoms. The van der Waals surface area contributed by atoms with Crippen molar-refractivity contribution >= 4 is 0 Å². The SMILES string of the molecule is CCCC(C1COC2(C)C(C)N(CC3CC3)CC3CC4(C)C=CC(O)=CC4C312)N(C)CCc1ccccc1. The van der Waals surface area contributed by atoms with E-state index >= 15 is 0 Å². The Labute approximate surface area is 231 Å². The molecule has 38 heavy (non-hydrogen) atoms. The minimum atomic E-state index is -0.230. The largest absolute Gasteiger partial charge is 0.508 e. The Morgan fingerprint density at radius 3 is 2.66 bits per heavy atom. The molecule has 2 saturated heterocycles. The Balaban J connectivity index is 1.39. The van der Waals surface area contributed by atoms with Gasteiger partial charge in [0.25, 0.3) is 0 Å². The molecular weight excluding hydrogens is 468 g/mol. The lowest BCUT2D eigenvalue weighted by molar-refractivity contribution is -0.175. The minimum absolute atomic E-state index is 0.0147. The predicted molar refractivity (Wildman–Crippen MR) is 155 cm³/mol. The maximum atomic E-state index is 10.9. The lowest BCUT2D eigenvalue weighted by atomic mass is 9.49. The van der Waals surface area contributed by atoms with Crippen LogP contribution in [0.3, 0.4) is 0 Å². The van der Waals surface area contributed by atoms with Crippen molar-refractivity contribution in [2.75, 3.05) is 33.3 Å². The number of hydrogen-bond donors (Lipinski definition) is 1. The number of ether oxygens (including phenoxy) is 1. The molecule has 3 aliphatic carbocycles. The fraction of sp³-hybridized carbons (Fsp3) is 0.706. The molecule has 4 fully saturated rings. The van der Waals surface area contributed by atoms with Gasteiger partial charge < -0.3 is 14.7 Å². The third-order valence-electron chi connectivity index (χ3n) is 11.8. The van der Waals surface area contributed by atoms with Crippen molar-refractivity contribution < 1.29 is 9.84 Å². The normalized spacial score (nSPS) is 41.1. The molecular formula is C34H50N2O2. The Morgan fingerprint density at radius 1 is 1.18 bits per heavy atom. The lowest BCUT2D eigenvalue weighted by Gasteiger charge is -2.61. The van der Waals surface area contributed by atoms with E-state index in [4.69, 9.17) is 4.74 Å². The van der Waals surface area contributed by atoms with Gasteiger partial charge in [-0.1, -0.05) is 56.7 Å². The summed E-state index contributed by atoms with van der Waals surface area (Å²) in [6, 6.07) is 11.8. The fourth-order valence-corrected chi connectivity index (χ4v) is 9.69. The number of aliphatic hydroxyl groups excluding tert-OH is 1. The molecule has 2 heterocycles. The number of aliphatic hydroxyl groups is 1. The average Bonchev–Trinajstić information content (AvgIpc) is 3.61. The zero-order valence-corrected chi connectivity index (χ0v) is 24.4. The van der Waals surface area contributed by atoms with E-state index in [-0.39, 0.29) is 16.4 Å². The zero-order chi connectivity index (χ0) is 26.7. The van der Waals surface area contributed by atoms with Gasteiger partial charge in [0, 0.05) is 43.1 Å². The molecule has 4 nitrogen and oxygen atoms in total. The molecule has 208 valence electrons. The smallest absolute Gasteiger partial charge is 0.111 e. The summed E-state index contributed by atoms with van der Waals surface area (Å²) in [4.78, 5) is 5.46. The van der Waals surface area contributed by atoms with Crippen molar-refractivity contribution in [3.63, 3.8) is 0 Å². The van der Waals surface area contributed by atoms with Gasteiger partial charge in [0.15, 0.2) is 0 Å². The van der Waals surface area contributed by atoms with E-state index in [1.54, 1.807) is 0 Å². The first kappa shape index (κ1) is 26.6. The first-order chi connectivity index (χ1) is 18.2. The molecule has 1 N–H and O–H groups in total. The topological polar surface area (TPSA) is 35.9 Å². The van der Waals surface area contributed by atoms with Crippen LogP contribution in [0.2, 0.25) is 0 Å². The number of allylic oxidation sites excluding steroid dienone is 3. The first-order valence-electron chi connectivity index (χ1n) is 15.4. The summed E-state index contributed by atoms with van der Waals surface area (Å²) in [5, 5.41) is 10.9. The van der Waals surface area contributed by atoms with Crippen molar-refractivity contribution in [1.29, 1.82) is 0 Å². The minimum Gasteiger partial charge on any atom is -0.508 e. The predicted octanol–water partition coefficient (Wildman–Crippen LogP) is 6.49. The summed E-state index contributed by atoms with van der Waals surface area (Å²) in [6.07, 6.45) is 14.0. The Kier molecular flexibility index (Phi) is 6.85. The number of likely N-dealkylation sites (N-methyl/N-ethyl adjacent to an activating group) is 1. The van der Waals surface area contributed by atoms with Crippen LogP contribution in [0.4, 0.5) is 0 Å². The highest BCUT2D eigenvalue weighted by Crippen LogP contribution is 2.73. The van der Waals surface area contributed by atoms with Crippen LogP contribution in [0.5, 0.6) is 0 Å². The van der Waals surface area contributed by atoms with Crippen LogP contribution in [-0.2, 0) is 11.2 Å². The summed E-state index contributed by atoms with van der Waals surface area (Å²) in [5.74, 6) is 2.65. The molecule has 8 atom stereocenters. The molecule has 0 radical (unpaired) electrons. The Hall–Kier alpha value is -1.62. The van der Waals surface area contributed by atoms with Crippen LogP contribution in [0.25, 0.3) is 0 Å². The Morgan fingerprint density at radius 2 is 1.95 bits per heavy atom. The van der Waals surface area contributed by atoms with E-state index in [1.165, 1.54) is 50.8 Å². The van der Waals surface area contributed by atoms with Crippen molar-refractivity contribution in [2.24, 2.45) is 34.5 Å².